The number of aromatic nitrogens is 1. The molecular weight excluding hydrogens is 2730 g/mol. The maximum Gasteiger partial charge on any atom is 2.00 e. The van der Waals surface area contributed by atoms with E-state index in [1.165, 1.54) is 48.7 Å². The number of amides is 18. The number of benzene rings is 5. The van der Waals surface area contributed by atoms with E-state index in [2.05, 4.69) is 137 Å². The molecule has 47 heteroatoms. The molecular formula is C83H97F4N19O18W6. The van der Waals surface area contributed by atoms with Crippen molar-refractivity contribution in [1.29, 1.82) is 0 Å². The standard InChI is InChI=1S/4C12H10FN2O3.C12H11N2O3.C11H10N3O3.6C2H7N.6W/c13-8-3-1-7(2-4-8)11(17)14-9-5-6-10(16)15-12(9)18;2*13-8-3-1-2-7(6-8)11(17)14-9-4-5-10(16)15-12(9)18;13-8-4-2-1-3-7(8)11(17)14-9-5-6-10(16)15-12(9)18;15-10-7-6-9(12(17)14-10)13-11(16)8-4-2-1-3-5-8;15-9-4-3-8(11(17)14-9)13-10(16)7-2-1-5-12-6-7;6*1-3-2;;;;;;/h1,3-4,9H,5-6H2,(H2,14,15,16,17,18);1,3,6,9H,4-5H2,(H2,14,15,16,17,18);1-3,9H,4-5H2,(H2,14,15,16,17,18);1-2,4,9H,5-6H2,(H2,14,15,16,17,18);1-4,9H,6-7H2,(H2,13,14,15,16,17);1-2,5,8H,3-4H2,(H2,13,14,15,16,17);6*3H,1-2H3;;;;;;/q6*-1;;;;;;;6*+2/p-6. The quantitative estimate of drug-likeness (QED) is 0.0471. The number of halogens is 4. The van der Waals surface area contributed by atoms with Crippen molar-refractivity contribution in [2.45, 2.75) is 113 Å². The Morgan fingerprint density at radius 1 is 0.323 bits per heavy atom. The summed E-state index contributed by atoms with van der Waals surface area (Å²) in [4.78, 5) is 207. The number of rotatable bonds is 12. The van der Waals surface area contributed by atoms with Gasteiger partial charge in [0.1, 0.15) is 0 Å². The maximum atomic E-state index is 13.3. The number of piperidine rings is 6. The molecule has 1 aromatic heterocycles. The molecule has 37 nitrogen and oxygen atoms in total. The van der Waals surface area contributed by atoms with Gasteiger partial charge in [-0.25, -0.2) is 8.78 Å². The van der Waals surface area contributed by atoms with Crippen molar-refractivity contribution in [3.05, 3.63) is 240 Å². The van der Waals surface area contributed by atoms with Crippen molar-refractivity contribution >= 4 is 106 Å². The van der Waals surface area contributed by atoms with E-state index in [1.807, 2.05) is 84.6 Å². The summed E-state index contributed by atoms with van der Waals surface area (Å²) < 4.78 is 51.7. The summed E-state index contributed by atoms with van der Waals surface area (Å²) in [6.07, 6.45) is 6.22. The zero-order chi connectivity index (χ0) is 93.2. The Morgan fingerprint density at radius 3 is 0.931 bits per heavy atom. The fourth-order valence-corrected chi connectivity index (χ4v) is 9.31. The second-order valence-electron chi connectivity index (χ2n) is 25.5. The predicted octanol–water partition coefficient (Wildman–Crippen LogP) is 3.79. The van der Waals surface area contributed by atoms with Crippen molar-refractivity contribution in [3.63, 3.8) is 0 Å². The summed E-state index contributed by atoms with van der Waals surface area (Å²) in [6, 6.07) is 31.5. The van der Waals surface area contributed by atoms with Crippen LogP contribution in [0.5, 0.6) is 0 Å². The van der Waals surface area contributed by atoms with Crippen LogP contribution in [0.3, 0.4) is 0 Å². The topological polar surface area (TPSA) is 549 Å². The number of hydrogen-bond acceptors (Lipinski definition) is 25. The fraction of sp³-hybridized carbons (Fsp3) is 0.361. The first-order valence-corrected chi connectivity index (χ1v) is 37.6. The third kappa shape index (κ3) is 54.4. The normalized spacial score (nSPS) is 16.6. The Bertz CT molecular complexity index is 4360. The number of hydrogen-bond donors (Lipinski definition) is 12. The van der Waals surface area contributed by atoms with Gasteiger partial charge in [0.15, 0.2) is 0 Å². The van der Waals surface area contributed by atoms with Crippen LogP contribution in [0.2, 0.25) is 0 Å². The van der Waals surface area contributed by atoms with Crippen molar-refractivity contribution in [2.24, 2.45) is 0 Å². The Morgan fingerprint density at radius 2 is 0.631 bits per heavy atom. The SMILES string of the molecule is CNC.CNC.CNC.CNC.CNC.CNC.O=C1CCC([N-]C(=O)c2[c-]c(F)ccc2)C(=O)N1.O=C1CCC([N-]C(=O)c2[c-]cc(F)cc2)C(=O)N1.O=C1CCC([N-]C(=O)c2[c-]ccc(F)c2)C(=O)N1.O=C1CCC([N-]C(=O)c2[c-]cccc2)C(=O)N1.O=C1CCC([N-]C(=O)c2[c-]cccc2F)C(=O)N1.O=C1CCC([N-]C(=O)c2[c-]nccc2)C(=O)N1.[W+2].[W+2].[W+2].[W+2].[W+2].[W+2]. The number of carbonyl (C=O) groups excluding carboxylic acids is 18. The Kier molecular flexibility index (Phi) is 76.9. The molecule has 5 aromatic carbocycles. The Labute approximate surface area is 836 Å². The summed E-state index contributed by atoms with van der Waals surface area (Å²) in [5.41, 5.74) is 0.220. The molecule has 6 aliphatic heterocycles. The number of carbonyl (C=O) groups is 18. The predicted molar refractivity (Wildman–Crippen MR) is 442 cm³/mol. The Balaban J connectivity index is -0.000000338. The molecule has 6 aromatic rings. The number of pyridine rings is 1. The molecule has 0 aliphatic carbocycles. The minimum Gasteiger partial charge on any atom is -0.684 e. The zero-order valence-corrected chi connectivity index (χ0v) is 90.0. The van der Waals surface area contributed by atoms with Crippen molar-refractivity contribution in [2.75, 3.05) is 84.6 Å². The second kappa shape index (κ2) is 76.1. The van der Waals surface area contributed by atoms with E-state index < -0.39 is 136 Å². The van der Waals surface area contributed by atoms with E-state index in [4.69, 9.17) is 0 Å². The van der Waals surface area contributed by atoms with Crippen LogP contribution < -0.4 is 63.8 Å². The third-order valence-corrected chi connectivity index (χ3v) is 14.7. The first-order valence-electron chi connectivity index (χ1n) is 37.6. The van der Waals surface area contributed by atoms with Crippen LogP contribution in [0.25, 0.3) is 31.9 Å². The van der Waals surface area contributed by atoms with Gasteiger partial charge < -0.3 is 97.6 Å². The monoisotopic (exact) mass is 2830 g/mol. The van der Waals surface area contributed by atoms with Gasteiger partial charge in [0, 0.05) is 61.8 Å². The molecule has 6 aliphatic rings. The van der Waals surface area contributed by atoms with Crippen LogP contribution in [0.15, 0.2) is 115 Å². The van der Waals surface area contributed by atoms with Crippen molar-refractivity contribution in [3.8, 4) is 0 Å². The molecule has 0 spiro atoms. The number of imide groups is 6. The minimum absolute atomic E-state index is 0. The summed E-state index contributed by atoms with van der Waals surface area (Å²) in [7, 11) is 22.5. The van der Waals surface area contributed by atoms with Gasteiger partial charge in [0.2, 0.25) is 70.9 Å². The van der Waals surface area contributed by atoms with Gasteiger partial charge in [0.05, 0.1) is 0 Å². The van der Waals surface area contributed by atoms with Gasteiger partial charge in [-0.05, 0) is 201 Å². The van der Waals surface area contributed by atoms with Crippen LogP contribution in [-0.4, -0.2) is 232 Å². The summed E-state index contributed by atoms with van der Waals surface area (Å²) in [5, 5.41) is 51.3. The number of nitrogens with one attached hydrogen (secondary N) is 12. The van der Waals surface area contributed by atoms with Gasteiger partial charge in [-0.3, -0.25) is 98.2 Å². The van der Waals surface area contributed by atoms with E-state index in [9.17, 15) is 104 Å². The van der Waals surface area contributed by atoms with E-state index in [0.29, 0.717) is 5.56 Å². The average molecular weight is 2830 g/mol. The third-order valence-electron chi connectivity index (χ3n) is 14.7. The van der Waals surface area contributed by atoms with Crippen LogP contribution in [-0.2, 0) is 184 Å². The zero-order valence-electron chi connectivity index (χ0n) is 72.4. The number of nitrogens with zero attached hydrogens (tertiary/aromatic N) is 7. The van der Waals surface area contributed by atoms with Gasteiger partial charge in [-0.15, -0.1) is 167 Å². The van der Waals surface area contributed by atoms with Crippen molar-refractivity contribution < 1.29 is 230 Å². The van der Waals surface area contributed by atoms with Crippen LogP contribution in [0, 0.1) is 59.8 Å². The molecule has 12 N–H and O–H groups in total. The van der Waals surface area contributed by atoms with Crippen LogP contribution >= 0.6 is 0 Å². The van der Waals surface area contributed by atoms with Gasteiger partial charge in [-0.1, -0.05) is 11.8 Å². The first kappa shape index (κ1) is 131. The fourth-order valence-electron chi connectivity index (χ4n) is 9.31. The first-order chi connectivity index (χ1) is 59.1. The summed E-state index contributed by atoms with van der Waals surface area (Å²) >= 11 is 0. The molecule has 18 amide bonds. The smallest absolute Gasteiger partial charge is 0.684 e. The van der Waals surface area contributed by atoms with E-state index >= 15 is 0 Å². The second-order valence-corrected chi connectivity index (χ2v) is 25.5. The van der Waals surface area contributed by atoms with Gasteiger partial charge >= 0.3 is 126 Å². The molecule has 12 rings (SSSR count). The largest absolute Gasteiger partial charge is 2.00 e. The molecule has 6 unspecified atom stereocenters. The van der Waals surface area contributed by atoms with Crippen LogP contribution in [0.1, 0.15) is 139 Å². The van der Waals surface area contributed by atoms with Crippen LogP contribution in [0.4, 0.5) is 17.6 Å². The molecule has 6 saturated heterocycles. The average Bonchev–Trinajstić information content (AvgIpc) is 0.839. The summed E-state index contributed by atoms with van der Waals surface area (Å²) in [6.45, 7) is 0. The van der Waals surface area contributed by atoms with Gasteiger partial charge in [0.25, 0.3) is 0 Å². The molecule has 0 bridgehead atoms. The van der Waals surface area contributed by atoms with Crippen molar-refractivity contribution in [1.82, 2.24) is 68.8 Å². The molecule has 6 fully saturated rings. The summed E-state index contributed by atoms with van der Waals surface area (Å²) in [5.74, 6) is -12.1. The molecule has 696 valence electrons. The van der Waals surface area contributed by atoms with E-state index in [0.717, 1.165) is 36.4 Å². The maximum absolute atomic E-state index is 13.3. The molecule has 130 heavy (non-hydrogen) atoms. The molecule has 7 heterocycles. The van der Waals surface area contributed by atoms with E-state index in [1.54, 1.807) is 30.3 Å². The Hall–Kier alpha value is -9.48. The molecule has 0 saturated carbocycles. The minimum atomic E-state index is -0.941. The molecule has 0 radical (unpaired) electrons. The van der Waals surface area contributed by atoms with E-state index in [-0.39, 0.29) is 261 Å². The molecule has 6 atom stereocenters. The van der Waals surface area contributed by atoms with Gasteiger partial charge in [-0.2, -0.15) is 0 Å².